The van der Waals surface area contributed by atoms with Crippen molar-refractivity contribution in [2.24, 2.45) is 0 Å². The monoisotopic (exact) mass is 355 g/mol. The maximum atomic E-state index is 11.2. The van der Waals surface area contributed by atoms with Gasteiger partial charge in [0.1, 0.15) is 18.1 Å². The Morgan fingerprint density at radius 2 is 1.81 bits per heavy atom. The first kappa shape index (κ1) is 19.3. The van der Waals surface area contributed by atoms with Crippen molar-refractivity contribution in [3.63, 3.8) is 0 Å². The first-order valence-electron chi connectivity index (χ1n) is 8.28. The van der Waals surface area contributed by atoms with Gasteiger partial charge in [-0.2, -0.15) is 0 Å². The van der Waals surface area contributed by atoms with Crippen molar-refractivity contribution in [1.29, 1.82) is 0 Å². The molecule has 0 saturated carbocycles. The first-order chi connectivity index (χ1) is 12.5. The second-order valence-electron chi connectivity index (χ2n) is 6.06. The highest BCUT2D eigenvalue weighted by atomic mass is 16.5. The van der Waals surface area contributed by atoms with Crippen LogP contribution in [0.2, 0.25) is 0 Å². The number of ether oxygens (including phenoxy) is 1. The van der Waals surface area contributed by atoms with Crippen LogP contribution < -0.4 is 15.0 Å². The Balaban J connectivity index is 0.000000758. The zero-order valence-corrected chi connectivity index (χ0v) is 15.5. The summed E-state index contributed by atoms with van der Waals surface area (Å²) in [6.07, 6.45) is 0. The van der Waals surface area contributed by atoms with E-state index in [1.54, 1.807) is 6.07 Å². The van der Waals surface area contributed by atoms with Crippen LogP contribution in [0.5, 0.6) is 5.75 Å². The fourth-order valence-corrected chi connectivity index (χ4v) is 2.50. The highest BCUT2D eigenvalue weighted by Crippen LogP contribution is 2.32. The molecule has 0 unspecified atom stereocenters. The molecule has 0 fully saturated rings. The van der Waals surface area contributed by atoms with Gasteiger partial charge in [-0.25, -0.2) is 4.79 Å². The average Bonchev–Trinajstić information content (AvgIpc) is 3.05. The SMILES string of the molecule is CN(C)c1cc(OCc2ccccc2)cc2[nH]c(C(=O)O)cc12.CNC. The van der Waals surface area contributed by atoms with E-state index in [1.165, 1.54) is 0 Å². The molecule has 26 heavy (non-hydrogen) atoms. The number of carbonyl (C=O) groups is 1. The summed E-state index contributed by atoms with van der Waals surface area (Å²) in [5.74, 6) is -0.276. The van der Waals surface area contributed by atoms with Gasteiger partial charge in [-0.05, 0) is 25.7 Å². The molecule has 0 aliphatic carbocycles. The summed E-state index contributed by atoms with van der Waals surface area (Å²) in [4.78, 5) is 16.0. The number of aromatic amines is 1. The third kappa shape index (κ3) is 4.77. The zero-order valence-electron chi connectivity index (χ0n) is 15.5. The van der Waals surface area contributed by atoms with Crippen molar-refractivity contribution in [3.05, 3.63) is 59.8 Å². The molecule has 3 N–H and O–H groups in total. The van der Waals surface area contributed by atoms with Crippen LogP contribution in [0.1, 0.15) is 16.1 Å². The van der Waals surface area contributed by atoms with Gasteiger partial charge >= 0.3 is 5.97 Å². The lowest BCUT2D eigenvalue weighted by molar-refractivity contribution is 0.0691. The van der Waals surface area contributed by atoms with Crippen molar-refractivity contribution >= 4 is 22.6 Å². The molecular weight excluding hydrogens is 330 g/mol. The number of hydrogen-bond acceptors (Lipinski definition) is 4. The van der Waals surface area contributed by atoms with E-state index in [-0.39, 0.29) is 5.69 Å². The molecule has 3 rings (SSSR count). The molecule has 0 bridgehead atoms. The van der Waals surface area contributed by atoms with E-state index in [0.29, 0.717) is 12.4 Å². The Kier molecular flexibility index (Phi) is 6.63. The molecule has 2 aromatic carbocycles. The van der Waals surface area contributed by atoms with E-state index in [1.807, 2.05) is 75.6 Å². The fourth-order valence-electron chi connectivity index (χ4n) is 2.50. The van der Waals surface area contributed by atoms with Gasteiger partial charge in [0, 0.05) is 37.3 Å². The van der Waals surface area contributed by atoms with Gasteiger partial charge in [-0.1, -0.05) is 30.3 Å². The summed E-state index contributed by atoms with van der Waals surface area (Å²) in [7, 11) is 7.59. The van der Waals surface area contributed by atoms with Crippen LogP contribution >= 0.6 is 0 Å². The third-order valence-electron chi connectivity index (χ3n) is 3.65. The summed E-state index contributed by atoms with van der Waals surface area (Å²) < 4.78 is 5.87. The summed E-state index contributed by atoms with van der Waals surface area (Å²) >= 11 is 0. The lowest BCUT2D eigenvalue weighted by Gasteiger charge is -2.16. The number of aromatic nitrogens is 1. The molecule has 0 aliphatic heterocycles. The largest absolute Gasteiger partial charge is 0.489 e. The number of aromatic carboxylic acids is 1. The summed E-state index contributed by atoms with van der Waals surface area (Å²) in [6.45, 7) is 0.464. The molecule has 0 saturated heterocycles. The normalized spacial score (nSPS) is 10.2. The number of anilines is 1. The highest BCUT2D eigenvalue weighted by Gasteiger charge is 2.13. The van der Waals surface area contributed by atoms with E-state index in [2.05, 4.69) is 10.3 Å². The Labute approximate surface area is 153 Å². The summed E-state index contributed by atoms with van der Waals surface area (Å²) in [5.41, 5.74) is 2.91. The van der Waals surface area contributed by atoms with Crippen molar-refractivity contribution < 1.29 is 14.6 Å². The number of H-pyrrole nitrogens is 1. The van der Waals surface area contributed by atoms with Crippen LogP contribution in [0.15, 0.2) is 48.5 Å². The number of nitrogens with one attached hydrogen (secondary N) is 2. The van der Waals surface area contributed by atoms with Crippen molar-refractivity contribution in [2.75, 3.05) is 33.1 Å². The third-order valence-corrected chi connectivity index (χ3v) is 3.65. The molecule has 0 atom stereocenters. The summed E-state index contributed by atoms with van der Waals surface area (Å²) in [6, 6.07) is 15.3. The van der Waals surface area contributed by atoms with E-state index in [0.717, 1.165) is 22.2 Å². The average molecular weight is 355 g/mol. The lowest BCUT2D eigenvalue weighted by atomic mass is 10.2. The zero-order chi connectivity index (χ0) is 19.1. The van der Waals surface area contributed by atoms with Crippen LogP contribution in [0.4, 0.5) is 5.69 Å². The maximum Gasteiger partial charge on any atom is 0.352 e. The quantitative estimate of drug-likeness (QED) is 0.654. The molecule has 6 nitrogen and oxygen atoms in total. The minimum atomic E-state index is -0.974. The van der Waals surface area contributed by atoms with Crippen molar-refractivity contribution in [2.45, 2.75) is 6.61 Å². The van der Waals surface area contributed by atoms with E-state index < -0.39 is 5.97 Å². The van der Waals surface area contributed by atoms with Crippen LogP contribution in [-0.2, 0) is 6.61 Å². The van der Waals surface area contributed by atoms with Gasteiger partial charge in [0.05, 0.1) is 5.52 Å². The topological polar surface area (TPSA) is 77.6 Å². The van der Waals surface area contributed by atoms with Gasteiger partial charge in [0.15, 0.2) is 0 Å². The van der Waals surface area contributed by atoms with Crippen molar-refractivity contribution in [3.8, 4) is 5.75 Å². The van der Waals surface area contributed by atoms with Crippen LogP contribution in [-0.4, -0.2) is 44.3 Å². The molecule has 138 valence electrons. The summed E-state index contributed by atoms with van der Waals surface area (Å²) in [5, 5.41) is 12.8. The van der Waals surface area contributed by atoms with E-state index in [9.17, 15) is 4.79 Å². The number of benzene rings is 2. The fraction of sp³-hybridized carbons (Fsp3) is 0.250. The van der Waals surface area contributed by atoms with Crippen LogP contribution in [0.25, 0.3) is 10.9 Å². The number of rotatable bonds is 5. The molecule has 0 aliphatic rings. The molecule has 6 heteroatoms. The van der Waals surface area contributed by atoms with Crippen LogP contribution in [0.3, 0.4) is 0 Å². The van der Waals surface area contributed by atoms with Gasteiger partial charge in [0.2, 0.25) is 0 Å². The predicted molar refractivity (Wildman–Crippen MR) is 105 cm³/mol. The minimum Gasteiger partial charge on any atom is -0.489 e. The number of nitrogens with zero attached hydrogens (tertiary/aromatic N) is 1. The first-order valence-corrected chi connectivity index (χ1v) is 8.28. The molecular formula is C20H25N3O3. The second kappa shape index (κ2) is 8.92. The Hall–Kier alpha value is -2.99. The molecule has 0 spiro atoms. The number of hydrogen-bond donors (Lipinski definition) is 3. The second-order valence-corrected chi connectivity index (χ2v) is 6.06. The molecule has 3 aromatic rings. The standard InChI is InChI=1S/C18H18N2O3.C2H7N/c1-20(2)17-9-13(23-11-12-6-4-3-5-7-12)8-15-14(17)10-16(19-15)18(21)22;1-3-2/h3-10,19H,11H2,1-2H3,(H,21,22);3H,1-2H3. The molecule has 0 radical (unpaired) electrons. The molecule has 1 aromatic heterocycles. The highest BCUT2D eigenvalue weighted by molar-refractivity contribution is 6.00. The van der Waals surface area contributed by atoms with Gasteiger partial charge in [-0.15, -0.1) is 0 Å². The lowest BCUT2D eigenvalue weighted by Crippen LogP contribution is -2.09. The molecule has 0 amide bonds. The Morgan fingerprint density at radius 3 is 2.38 bits per heavy atom. The Bertz CT molecular complexity index is 857. The number of carboxylic acids is 1. The minimum absolute atomic E-state index is 0.170. The van der Waals surface area contributed by atoms with Crippen LogP contribution in [0, 0.1) is 0 Å². The Morgan fingerprint density at radius 1 is 1.15 bits per heavy atom. The van der Waals surface area contributed by atoms with Gasteiger partial charge in [0.25, 0.3) is 0 Å². The smallest absolute Gasteiger partial charge is 0.352 e. The van der Waals surface area contributed by atoms with Gasteiger partial charge in [-0.3, -0.25) is 0 Å². The van der Waals surface area contributed by atoms with E-state index >= 15 is 0 Å². The predicted octanol–water partition coefficient (Wildman–Crippen LogP) is 3.35. The van der Waals surface area contributed by atoms with E-state index in [4.69, 9.17) is 9.84 Å². The molecule has 1 heterocycles. The maximum absolute atomic E-state index is 11.2. The number of carboxylic acid groups (broad SMARTS) is 1. The number of fused-ring (bicyclic) bond motifs is 1. The van der Waals surface area contributed by atoms with Crippen molar-refractivity contribution in [1.82, 2.24) is 10.3 Å². The van der Waals surface area contributed by atoms with Gasteiger partial charge < -0.3 is 25.0 Å².